The highest BCUT2D eigenvalue weighted by Gasteiger charge is 2.15. The monoisotopic (exact) mass is 479 g/mol. The second-order valence-electron chi connectivity index (χ2n) is 7.27. The average Bonchev–Trinajstić information content (AvgIpc) is 3.28. The number of carbonyl (C=O) groups is 1. The Morgan fingerprint density at radius 1 is 1.09 bits per heavy atom. The summed E-state index contributed by atoms with van der Waals surface area (Å²) in [6, 6.07) is 12.5. The molecule has 4 aromatic rings. The molecule has 11 heteroatoms. The molecular weight excluding hydrogens is 458 g/mol. The van der Waals surface area contributed by atoms with Gasteiger partial charge in [0.05, 0.1) is 12.4 Å². The number of ether oxygens (including phenoxy) is 3. The molecule has 1 aliphatic heterocycles. The minimum absolute atomic E-state index is 0.0945. The lowest BCUT2D eigenvalue weighted by atomic mass is 10.2. The molecule has 5 rings (SSSR count). The molecule has 174 valence electrons. The van der Waals surface area contributed by atoms with Crippen molar-refractivity contribution >= 4 is 29.0 Å². The third-order valence-electron chi connectivity index (χ3n) is 5.02. The first-order valence-electron chi connectivity index (χ1n) is 10.6. The summed E-state index contributed by atoms with van der Waals surface area (Å²) >= 11 is 1.19. The molecule has 10 nitrogen and oxygen atoms in total. The predicted molar refractivity (Wildman–Crippen MR) is 127 cm³/mol. The molecule has 0 atom stereocenters. The minimum atomic E-state index is -0.313. The number of thioether (sulfide) groups is 1. The van der Waals surface area contributed by atoms with Gasteiger partial charge >= 0.3 is 5.56 Å². The molecule has 0 fully saturated rings. The summed E-state index contributed by atoms with van der Waals surface area (Å²) in [5.74, 6) is 1.86. The summed E-state index contributed by atoms with van der Waals surface area (Å²) in [5.41, 5.74) is 1.16. The Morgan fingerprint density at radius 3 is 2.68 bits per heavy atom. The molecule has 0 aliphatic carbocycles. The molecule has 0 saturated heterocycles. The maximum Gasteiger partial charge on any atom is 0.300 e. The van der Waals surface area contributed by atoms with Crippen molar-refractivity contribution in [2.24, 2.45) is 0 Å². The van der Waals surface area contributed by atoms with Gasteiger partial charge in [0.2, 0.25) is 11.6 Å². The van der Waals surface area contributed by atoms with E-state index in [4.69, 9.17) is 14.2 Å². The third-order valence-corrected chi connectivity index (χ3v) is 5.97. The van der Waals surface area contributed by atoms with E-state index in [0.29, 0.717) is 47.9 Å². The molecule has 0 spiro atoms. The third kappa shape index (κ3) is 4.42. The first kappa shape index (κ1) is 21.8. The number of benzene rings is 2. The van der Waals surface area contributed by atoms with Crippen LogP contribution in [0, 0.1) is 0 Å². The Balaban J connectivity index is 1.28. The number of hydrogen-bond acceptors (Lipinski definition) is 8. The van der Waals surface area contributed by atoms with Gasteiger partial charge in [-0.15, -0.1) is 10.2 Å². The quantitative estimate of drug-likeness (QED) is 0.403. The number of nitrogens with one attached hydrogen (secondary N) is 1. The van der Waals surface area contributed by atoms with Crippen molar-refractivity contribution in [2.45, 2.75) is 12.1 Å². The second-order valence-corrected chi connectivity index (χ2v) is 8.21. The summed E-state index contributed by atoms with van der Waals surface area (Å²) < 4.78 is 19.5. The molecule has 0 saturated carbocycles. The van der Waals surface area contributed by atoms with Gasteiger partial charge in [-0.25, -0.2) is 0 Å². The van der Waals surface area contributed by atoms with Crippen LogP contribution >= 0.6 is 11.8 Å². The SMILES string of the molecule is CCOc1ccc(-n2ccn3c(SCC(=O)Nc4ccc5c(c4)OCCO5)nnc3c2=O)cc1. The standard InChI is InChI=1S/C23H21N5O5S/c1-2-31-17-6-4-16(5-7-17)27-9-10-28-21(22(27)30)25-26-23(28)34-14-20(29)24-15-3-8-18-19(13-15)33-12-11-32-18/h3-10,13H,2,11-12,14H2,1H3,(H,24,29). The molecule has 0 radical (unpaired) electrons. The van der Waals surface area contributed by atoms with Gasteiger partial charge in [-0.05, 0) is 43.3 Å². The molecule has 1 amide bonds. The number of aromatic nitrogens is 4. The lowest BCUT2D eigenvalue weighted by molar-refractivity contribution is -0.113. The highest BCUT2D eigenvalue weighted by Crippen LogP contribution is 2.32. The van der Waals surface area contributed by atoms with Crippen molar-refractivity contribution < 1.29 is 19.0 Å². The van der Waals surface area contributed by atoms with Gasteiger partial charge < -0.3 is 19.5 Å². The molecular formula is C23H21N5O5S. The Morgan fingerprint density at radius 2 is 1.88 bits per heavy atom. The van der Waals surface area contributed by atoms with Crippen molar-refractivity contribution in [3.8, 4) is 22.9 Å². The Labute approximate surface area is 198 Å². The molecule has 0 bridgehead atoms. The summed E-state index contributed by atoms with van der Waals surface area (Å²) in [6.45, 7) is 3.46. The lowest BCUT2D eigenvalue weighted by Crippen LogP contribution is -2.20. The van der Waals surface area contributed by atoms with Gasteiger partial charge in [0.25, 0.3) is 0 Å². The first-order chi connectivity index (χ1) is 16.6. The van der Waals surface area contributed by atoms with Crippen LogP contribution in [0.5, 0.6) is 17.2 Å². The maximum atomic E-state index is 12.9. The Hall–Kier alpha value is -3.99. The van der Waals surface area contributed by atoms with Crippen LogP contribution in [0.25, 0.3) is 11.3 Å². The van der Waals surface area contributed by atoms with Gasteiger partial charge in [-0.1, -0.05) is 11.8 Å². The topological polar surface area (TPSA) is 109 Å². The molecule has 0 unspecified atom stereocenters. The number of fused-ring (bicyclic) bond motifs is 2. The van der Waals surface area contributed by atoms with Gasteiger partial charge in [0.15, 0.2) is 16.7 Å². The van der Waals surface area contributed by atoms with Gasteiger partial charge in [-0.3, -0.25) is 18.6 Å². The molecule has 2 aromatic heterocycles. The van der Waals surface area contributed by atoms with Crippen molar-refractivity contribution in [2.75, 3.05) is 30.9 Å². The van der Waals surface area contributed by atoms with Gasteiger partial charge in [-0.2, -0.15) is 0 Å². The summed E-state index contributed by atoms with van der Waals surface area (Å²) in [6.07, 6.45) is 3.35. The van der Waals surface area contributed by atoms with E-state index in [1.807, 2.05) is 6.92 Å². The zero-order valence-corrected chi connectivity index (χ0v) is 19.1. The lowest BCUT2D eigenvalue weighted by Gasteiger charge is -2.18. The van der Waals surface area contributed by atoms with Crippen LogP contribution in [0.4, 0.5) is 5.69 Å². The van der Waals surface area contributed by atoms with Crippen LogP contribution in [0.15, 0.2) is 64.8 Å². The molecule has 1 N–H and O–H groups in total. The van der Waals surface area contributed by atoms with Crippen LogP contribution in [0.1, 0.15) is 6.92 Å². The molecule has 1 aliphatic rings. The largest absolute Gasteiger partial charge is 0.494 e. The number of carbonyl (C=O) groups excluding carboxylic acids is 1. The number of nitrogens with zero attached hydrogens (tertiary/aromatic N) is 4. The van der Waals surface area contributed by atoms with Crippen molar-refractivity contribution in [3.63, 3.8) is 0 Å². The Bertz CT molecular complexity index is 1400. The van der Waals surface area contributed by atoms with Gasteiger partial charge in [0, 0.05) is 29.8 Å². The van der Waals surface area contributed by atoms with Crippen LogP contribution < -0.4 is 25.1 Å². The summed E-state index contributed by atoms with van der Waals surface area (Å²) in [4.78, 5) is 25.4. The zero-order chi connectivity index (χ0) is 23.5. The fourth-order valence-corrected chi connectivity index (χ4v) is 4.20. The van der Waals surface area contributed by atoms with E-state index in [1.165, 1.54) is 16.3 Å². The maximum absolute atomic E-state index is 12.9. The minimum Gasteiger partial charge on any atom is -0.494 e. The van der Waals surface area contributed by atoms with E-state index < -0.39 is 0 Å². The van der Waals surface area contributed by atoms with Crippen molar-refractivity contribution in [3.05, 3.63) is 65.2 Å². The normalized spacial score (nSPS) is 12.5. The predicted octanol–water partition coefficient (Wildman–Crippen LogP) is 2.78. The fraction of sp³-hybridized carbons (Fsp3) is 0.217. The van der Waals surface area contributed by atoms with Crippen LogP contribution in [0.3, 0.4) is 0 Å². The average molecular weight is 480 g/mol. The highest BCUT2D eigenvalue weighted by molar-refractivity contribution is 7.99. The smallest absolute Gasteiger partial charge is 0.300 e. The van der Waals surface area contributed by atoms with E-state index in [-0.39, 0.29) is 22.9 Å². The zero-order valence-electron chi connectivity index (χ0n) is 18.3. The molecule has 2 aromatic carbocycles. The summed E-state index contributed by atoms with van der Waals surface area (Å²) in [5, 5.41) is 11.4. The van der Waals surface area contributed by atoms with E-state index in [2.05, 4.69) is 15.5 Å². The van der Waals surface area contributed by atoms with Crippen LogP contribution in [0.2, 0.25) is 0 Å². The fourth-order valence-electron chi connectivity index (χ4n) is 3.49. The first-order valence-corrected chi connectivity index (χ1v) is 11.6. The number of rotatable bonds is 7. The number of anilines is 1. The number of hydrogen-bond donors (Lipinski definition) is 1. The van der Waals surface area contributed by atoms with Crippen molar-refractivity contribution in [1.82, 2.24) is 19.2 Å². The molecule has 34 heavy (non-hydrogen) atoms. The van der Waals surface area contributed by atoms with Crippen LogP contribution in [-0.4, -0.2) is 50.6 Å². The van der Waals surface area contributed by atoms with Gasteiger partial charge in [0.1, 0.15) is 19.0 Å². The van der Waals surface area contributed by atoms with E-state index >= 15 is 0 Å². The Kier molecular flexibility index (Phi) is 6.09. The van der Waals surface area contributed by atoms with Crippen molar-refractivity contribution in [1.29, 1.82) is 0 Å². The number of amides is 1. The second kappa shape index (κ2) is 9.48. The van der Waals surface area contributed by atoms with E-state index in [9.17, 15) is 9.59 Å². The van der Waals surface area contributed by atoms with E-state index in [1.54, 1.807) is 59.3 Å². The van der Waals surface area contributed by atoms with Crippen LogP contribution in [-0.2, 0) is 4.79 Å². The highest BCUT2D eigenvalue weighted by atomic mass is 32.2. The molecule has 3 heterocycles. The van der Waals surface area contributed by atoms with E-state index in [0.717, 1.165) is 5.75 Å². The summed E-state index contributed by atoms with van der Waals surface area (Å²) in [7, 11) is 0.